The molecule has 27 heavy (non-hydrogen) atoms. The van der Waals surface area contributed by atoms with Gasteiger partial charge in [-0.2, -0.15) is 0 Å². The average molecular weight is 489 g/mol. The number of rotatable bonds is 8. The van der Waals surface area contributed by atoms with Crippen LogP contribution < -0.4 is 20.1 Å². The summed E-state index contributed by atoms with van der Waals surface area (Å²) in [6.07, 6.45) is 1.54. The lowest BCUT2D eigenvalue weighted by Gasteiger charge is -2.22. The maximum Gasteiger partial charge on any atom is 0.191 e. The van der Waals surface area contributed by atoms with E-state index in [1.165, 1.54) is 6.26 Å². The molecule has 0 aliphatic heterocycles. The number of methoxy groups -OCH3 is 2. The van der Waals surface area contributed by atoms with Gasteiger partial charge >= 0.3 is 0 Å². The molecule has 0 aliphatic rings. The van der Waals surface area contributed by atoms with E-state index in [1.807, 2.05) is 25.1 Å². The third kappa shape index (κ3) is 6.31. The van der Waals surface area contributed by atoms with Crippen molar-refractivity contribution in [2.45, 2.75) is 26.0 Å². The number of halogens is 1. The SMILES string of the molecule is CCNC(=NCc1cccc(OC)c1OC)NCC(C)(O)c1ccco1.I. The van der Waals surface area contributed by atoms with Gasteiger partial charge in [0.05, 0.1) is 33.6 Å². The van der Waals surface area contributed by atoms with Crippen LogP contribution in [0.25, 0.3) is 0 Å². The Morgan fingerprint density at radius 1 is 1.19 bits per heavy atom. The van der Waals surface area contributed by atoms with Crippen molar-refractivity contribution in [2.75, 3.05) is 27.3 Å². The molecule has 1 heterocycles. The highest BCUT2D eigenvalue weighted by molar-refractivity contribution is 14.0. The summed E-state index contributed by atoms with van der Waals surface area (Å²) in [5, 5.41) is 16.9. The molecule has 0 aliphatic carbocycles. The molecule has 1 aromatic heterocycles. The zero-order valence-electron chi connectivity index (χ0n) is 16.1. The molecule has 0 fully saturated rings. The summed E-state index contributed by atoms with van der Waals surface area (Å²) in [7, 11) is 3.21. The standard InChI is InChI=1S/C19H27N3O4.HI/c1-5-20-18(22-13-19(2,23)16-10-7-11-26-16)21-12-14-8-6-9-15(24-3)17(14)25-4;/h6-11,23H,5,12-13H2,1-4H3,(H2,20,21,22);1H. The van der Waals surface area contributed by atoms with Crippen molar-refractivity contribution in [2.24, 2.45) is 4.99 Å². The number of furan rings is 1. The summed E-state index contributed by atoms with van der Waals surface area (Å²) >= 11 is 0. The molecule has 0 saturated carbocycles. The van der Waals surface area contributed by atoms with Gasteiger partial charge in [-0.25, -0.2) is 4.99 Å². The first-order valence-electron chi connectivity index (χ1n) is 8.50. The van der Waals surface area contributed by atoms with E-state index >= 15 is 0 Å². The Labute approximate surface area is 177 Å². The smallest absolute Gasteiger partial charge is 0.191 e. The highest BCUT2D eigenvalue weighted by atomic mass is 127. The number of guanidine groups is 1. The molecule has 2 rings (SSSR count). The second-order valence-corrected chi connectivity index (χ2v) is 5.95. The van der Waals surface area contributed by atoms with Crippen LogP contribution in [-0.2, 0) is 12.1 Å². The maximum absolute atomic E-state index is 10.6. The largest absolute Gasteiger partial charge is 0.493 e. The average Bonchev–Trinajstić information content (AvgIpc) is 3.19. The minimum absolute atomic E-state index is 0. The maximum atomic E-state index is 10.6. The molecular weight excluding hydrogens is 461 g/mol. The van der Waals surface area contributed by atoms with E-state index in [4.69, 9.17) is 13.9 Å². The van der Waals surface area contributed by atoms with Crippen molar-refractivity contribution in [3.05, 3.63) is 47.9 Å². The first-order valence-corrected chi connectivity index (χ1v) is 8.50. The molecule has 7 nitrogen and oxygen atoms in total. The molecule has 1 aromatic carbocycles. The van der Waals surface area contributed by atoms with Gasteiger partial charge in [-0.05, 0) is 32.0 Å². The number of hydrogen-bond donors (Lipinski definition) is 3. The van der Waals surface area contributed by atoms with Gasteiger partial charge < -0.3 is 29.6 Å². The monoisotopic (exact) mass is 489 g/mol. The van der Waals surface area contributed by atoms with Gasteiger partial charge in [-0.3, -0.25) is 0 Å². The van der Waals surface area contributed by atoms with E-state index in [9.17, 15) is 5.11 Å². The van der Waals surface area contributed by atoms with Gasteiger partial charge in [-0.1, -0.05) is 12.1 Å². The molecule has 2 aromatic rings. The van der Waals surface area contributed by atoms with Crippen molar-refractivity contribution in [1.82, 2.24) is 10.6 Å². The third-order valence-corrected chi connectivity index (χ3v) is 3.89. The Morgan fingerprint density at radius 2 is 1.96 bits per heavy atom. The molecule has 0 saturated heterocycles. The van der Waals surface area contributed by atoms with Crippen LogP contribution in [0.1, 0.15) is 25.2 Å². The van der Waals surface area contributed by atoms with Gasteiger partial charge in [0.15, 0.2) is 17.5 Å². The third-order valence-electron chi connectivity index (χ3n) is 3.89. The van der Waals surface area contributed by atoms with E-state index < -0.39 is 5.60 Å². The van der Waals surface area contributed by atoms with Crippen LogP contribution >= 0.6 is 24.0 Å². The summed E-state index contributed by atoms with van der Waals surface area (Å²) in [6, 6.07) is 9.17. The van der Waals surface area contributed by atoms with Crippen molar-refractivity contribution in [3.8, 4) is 11.5 Å². The number of nitrogens with one attached hydrogen (secondary N) is 2. The van der Waals surface area contributed by atoms with Crippen LogP contribution in [0.3, 0.4) is 0 Å². The van der Waals surface area contributed by atoms with E-state index in [2.05, 4.69) is 15.6 Å². The van der Waals surface area contributed by atoms with Gasteiger partial charge in [-0.15, -0.1) is 24.0 Å². The predicted octanol–water partition coefficient (Wildman–Crippen LogP) is 2.88. The van der Waals surface area contributed by atoms with Crippen molar-refractivity contribution in [3.63, 3.8) is 0 Å². The van der Waals surface area contributed by atoms with E-state index in [1.54, 1.807) is 33.3 Å². The van der Waals surface area contributed by atoms with E-state index in [0.717, 1.165) is 5.56 Å². The summed E-state index contributed by atoms with van der Waals surface area (Å²) < 4.78 is 16.0. The first kappa shape index (κ1) is 23.1. The highest BCUT2D eigenvalue weighted by Gasteiger charge is 2.26. The molecule has 8 heteroatoms. The Kier molecular flexibility index (Phi) is 9.44. The Hall–Kier alpha value is -1.94. The fourth-order valence-electron chi connectivity index (χ4n) is 2.51. The number of aliphatic hydroxyl groups is 1. The minimum atomic E-state index is -1.15. The lowest BCUT2D eigenvalue weighted by atomic mass is 10.0. The van der Waals surface area contributed by atoms with Gasteiger partial charge in [0, 0.05) is 12.1 Å². The first-order chi connectivity index (χ1) is 12.5. The minimum Gasteiger partial charge on any atom is -0.493 e. The molecule has 1 atom stereocenters. The summed E-state index contributed by atoms with van der Waals surface area (Å²) in [5.74, 6) is 2.41. The van der Waals surface area contributed by atoms with Gasteiger partial charge in [0.25, 0.3) is 0 Å². The zero-order chi connectivity index (χ0) is 19.0. The van der Waals surface area contributed by atoms with Crippen LogP contribution in [0, 0.1) is 0 Å². The lowest BCUT2D eigenvalue weighted by molar-refractivity contribution is 0.0386. The van der Waals surface area contributed by atoms with Crippen molar-refractivity contribution < 1.29 is 19.0 Å². The lowest BCUT2D eigenvalue weighted by Crippen LogP contribution is -2.44. The van der Waals surface area contributed by atoms with Crippen LogP contribution in [0.2, 0.25) is 0 Å². The Bertz CT molecular complexity index is 718. The van der Waals surface area contributed by atoms with E-state index in [0.29, 0.717) is 36.3 Å². The number of para-hydroxylation sites is 1. The molecule has 0 amide bonds. The number of ether oxygens (including phenoxy) is 2. The fourth-order valence-corrected chi connectivity index (χ4v) is 2.51. The quantitative estimate of drug-likeness (QED) is 0.300. The number of nitrogens with zero attached hydrogens (tertiary/aromatic N) is 1. The van der Waals surface area contributed by atoms with Crippen LogP contribution in [0.5, 0.6) is 11.5 Å². The molecule has 150 valence electrons. The second-order valence-electron chi connectivity index (χ2n) is 5.95. The number of aliphatic imine (C=N–C) groups is 1. The summed E-state index contributed by atoms with van der Waals surface area (Å²) in [6.45, 7) is 5.02. The van der Waals surface area contributed by atoms with Crippen molar-refractivity contribution >= 4 is 29.9 Å². The Balaban J connectivity index is 0.00000364. The summed E-state index contributed by atoms with van der Waals surface area (Å²) in [5.41, 5.74) is -0.241. The summed E-state index contributed by atoms with van der Waals surface area (Å²) in [4.78, 5) is 4.57. The van der Waals surface area contributed by atoms with E-state index in [-0.39, 0.29) is 30.5 Å². The fraction of sp³-hybridized carbons (Fsp3) is 0.421. The van der Waals surface area contributed by atoms with Gasteiger partial charge in [0.2, 0.25) is 0 Å². The molecule has 1 unspecified atom stereocenters. The van der Waals surface area contributed by atoms with Gasteiger partial charge in [0.1, 0.15) is 11.4 Å². The normalized spacial score (nSPS) is 13.3. The molecule has 3 N–H and O–H groups in total. The highest BCUT2D eigenvalue weighted by Crippen LogP contribution is 2.31. The topological polar surface area (TPSA) is 88.3 Å². The molecule has 0 bridgehead atoms. The molecule has 0 radical (unpaired) electrons. The Morgan fingerprint density at radius 3 is 2.56 bits per heavy atom. The van der Waals surface area contributed by atoms with Crippen LogP contribution in [0.4, 0.5) is 0 Å². The van der Waals surface area contributed by atoms with Crippen LogP contribution in [-0.4, -0.2) is 38.4 Å². The predicted molar refractivity (Wildman–Crippen MR) is 116 cm³/mol. The number of hydrogen-bond acceptors (Lipinski definition) is 5. The van der Waals surface area contributed by atoms with Crippen molar-refractivity contribution in [1.29, 1.82) is 0 Å². The molecular formula is C19H28IN3O4. The number of benzene rings is 1. The molecule has 0 spiro atoms. The van der Waals surface area contributed by atoms with Crippen LogP contribution in [0.15, 0.2) is 46.0 Å². The zero-order valence-corrected chi connectivity index (χ0v) is 18.4. The second kappa shape index (κ2) is 11.0.